The average Bonchev–Trinajstić information content (AvgIpc) is 2.82. The second-order valence-electron chi connectivity index (χ2n) is 7.03. The van der Waals surface area contributed by atoms with E-state index in [1.54, 1.807) is 79.9 Å². The largest absolute Gasteiger partial charge is 0.497 e. The number of methoxy groups -OCH3 is 1. The van der Waals surface area contributed by atoms with Crippen molar-refractivity contribution in [2.45, 2.75) is 6.42 Å². The lowest BCUT2D eigenvalue weighted by Crippen LogP contribution is -2.18. The zero-order valence-electron chi connectivity index (χ0n) is 17.2. The van der Waals surface area contributed by atoms with Gasteiger partial charge in [0.05, 0.1) is 24.6 Å². The molecule has 0 saturated heterocycles. The molecule has 2 amide bonds. The van der Waals surface area contributed by atoms with Crippen molar-refractivity contribution in [3.05, 3.63) is 94.4 Å². The summed E-state index contributed by atoms with van der Waals surface area (Å²) in [5.41, 5.74) is 1.83. The Morgan fingerprint density at radius 1 is 0.875 bits per heavy atom. The lowest BCUT2D eigenvalue weighted by Gasteiger charge is -2.09. The van der Waals surface area contributed by atoms with E-state index < -0.39 is 0 Å². The van der Waals surface area contributed by atoms with E-state index in [2.05, 4.69) is 20.8 Å². The quantitative estimate of drug-likeness (QED) is 0.436. The predicted molar refractivity (Wildman–Crippen MR) is 122 cm³/mol. The van der Waals surface area contributed by atoms with Gasteiger partial charge in [-0.1, -0.05) is 18.2 Å². The van der Waals surface area contributed by atoms with Crippen LogP contribution in [0, 0.1) is 0 Å². The number of hydrogen-bond donors (Lipinski definition) is 3. The maximum absolute atomic E-state index is 12.5. The Labute approximate surface area is 183 Å². The number of H-pyrrole nitrogens is 1. The highest BCUT2D eigenvalue weighted by Gasteiger charge is 2.12. The second-order valence-corrected chi connectivity index (χ2v) is 7.03. The van der Waals surface area contributed by atoms with Crippen molar-refractivity contribution in [2.24, 2.45) is 0 Å². The number of anilines is 2. The summed E-state index contributed by atoms with van der Waals surface area (Å²) in [7, 11) is 1.58. The molecule has 1 aromatic heterocycles. The standard InChI is InChI=1S/C24H20N4O4/c1-32-18-12-10-17(11-13-18)26-23(30)15-6-8-16(9-7-15)25-22(29)14-21-19-4-2-3-5-20(19)24(31)28-27-21/h2-13H,14H2,1H3,(H,25,29)(H,26,30)(H,28,31). The Kier molecular flexibility index (Phi) is 5.94. The second kappa shape index (κ2) is 9.13. The number of aromatic amines is 1. The van der Waals surface area contributed by atoms with Crippen LogP contribution in [-0.4, -0.2) is 29.1 Å². The van der Waals surface area contributed by atoms with Crippen molar-refractivity contribution >= 4 is 34.0 Å². The first-order chi connectivity index (χ1) is 15.5. The van der Waals surface area contributed by atoms with Crippen LogP contribution in [0.2, 0.25) is 0 Å². The molecule has 32 heavy (non-hydrogen) atoms. The predicted octanol–water partition coefficient (Wildman–Crippen LogP) is 3.37. The van der Waals surface area contributed by atoms with Crippen LogP contribution in [0.4, 0.5) is 11.4 Å². The van der Waals surface area contributed by atoms with Crippen LogP contribution in [0.5, 0.6) is 5.75 Å². The molecular weight excluding hydrogens is 408 g/mol. The van der Waals surface area contributed by atoms with Gasteiger partial charge in [-0.25, -0.2) is 5.10 Å². The fourth-order valence-corrected chi connectivity index (χ4v) is 3.25. The van der Waals surface area contributed by atoms with Crippen molar-refractivity contribution in [3.8, 4) is 5.75 Å². The topological polar surface area (TPSA) is 113 Å². The molecule has 0 atom stereocenters. The highest BCUT2D eigenvalue weighted by atomic mass is 16.5. The number of rotatable bonds is 6. The van der Waals surface area contributed by atoms with Crippen LogP contribution < -0.4 is 20.9 Å². The van der Waals surface area contributed by atoms with E-state index in [0.717, 1.165) is 0 Å². The monoisotopic (exact) mass is 428 g/mol. The van der Waals surface area contributed by atoms with Crippen LogP contribution in [-0.2, 0) is 11.2 Å². The van der Waals surface area contributed by atoms with E-state index in [1.165, 1.54) is 0 Å². The maximum Gasteiger partial charge on any atom is 0.272 e. The number of benzene rings is 3. The summed E-state index contributed by atoms with van der Waals surface area (Å²) in [6.07, 6.45) is -0.00298. The highest BCUT2D eigenvalue weighted by Crippen LogP contribution is 2.17. The lowest BCUT2D eigenvalue weighted by molar-refractivity contribution is -0.115. The van der Waals surface area contributed by atoms with Crippen LogP contribution in [0.1, 0.15) is 16.1 Å². The van der Waals surface area contributed by atoms with E-state index in [9.17, 15) is 14.4 Å². The number of carbonyl (C=O) groups excluding carboxylic acids is 2. The number of hydrogen-bond acceptors (Lipinski definition) is 5. The van der Waals surface area contributed by atoms with Crippen LogP contribution in [0.15, 0.2) is 77.6 Å². The van der Waals surface area contributed by atoms with Crippen molar-refractivity contribution in [1.82, 2.24) is 10.2 Å². The summed E-state index contributed by atoms with van der Waals surface area (Å²) < 4.78 is 5.10. The third kappa shape index (κ3) is 4.65. The molecule has 0 aliphatic carbocycles. The average molecular weight is 428 g/mol. The number of carbonyl (C=O) groups is 2. The number of ether oxygens (including phenoxy) is 1. The highest BCUT2D eigenvalue weighted by molar-refractivity contribution is 6.04. The van der Waals surface area contributed by atoms with Gasteiger partial charge in [0, 0.05) is 22.3 Å². The Hall–Kier alpha value is -4.46. The smallest absolute Gasteiger partial charge is 0.272 e. The Morgan fingerprint density at radius 2 is 1.50 bits per heavy atom. The normalized spacial score (nSPS) is 10.5. The van der Waals surface area contributed by atoms with Crippen molar-refractivity contribution < 1.29 is 14.3 Å². The van der Waals surface area contributed by atoms with Crippen molar-refractivity contribution in [1.29, 1.82) is 0 Å². The van der Waals surface area contributed by atoms with E-state index in [1.807, 2.05) is 0 Å². The van der Waals surface area contributed by atoms with Crippen LogP contribution in [0.3, 0.4) is 0 Å². The molecular formula is C24H20N4O4. The van der Waals surface area contributed by atoms with Crippen LogP contribution in [0.25, 0.3) is 10.8 Å². The summed E-state index contributed by atoms with van der Waals surface area (Å²) in [5.74, 6) is 0.148. The maximum atomic E-state index is 12.5. The van der Waals surface area contributed by atoms with Gasteiger partial charge in [-0.3, -0.25) is 14.4 Å². The molecule has 8 heteroatoms. The van der Waals surface area contributed by atoms with E-state index in [-0.39, 0.29) is 23.8 Å². The van der Waals surface area contributed by atoms with Gasteiger partial charge in [0.15, 0.2) is 0 Å². The molecule has 0 saturated carbocycles. The molecule has 0 aliphatic heterocycles. The van der Waals surface area contributed by atoms with Crippen molar-refractivity contribution in [2.75, 3.05) is 17.7 Å². The molecule has 0 spiro atoms. The first-order valence-electron chi connectivity index (χ1n) is 9.85. The minimum absolute atomic E-state index is 0.00298. The van der Waals surface area contributed by atoms with Gasteiger partial charge in [-0.2, -0.15) is 5.10 Å². The third-order valence-corrected chi connectivity index (χ3v) is 4.88. The minimum atomic E-state index is -0.298. The third-order valence-electron chi connectivity index (χ3n) is 4.88. The van der Waals surface area contributed by atoms with Crippen LogP contribution >= 0.6 is 0 Å². The summed E-state index contributed by atoms with van der Waals surface area (Å²) in [6, 6.07) is 20.6. The summed E-state index contributed by atoms with van der Waals surface area (Å²) in [6.45, 7) is 0. The zero-order valence-corrected chi connectivity index (χ0v) is 17.2. The molecule has 4 rings (SSSR count). The molecule has 0 bridgehead atoms. The number of fused-ring (bicyclic) bond motifs is 1. The molecule has 0 unspecified atom stereocenters. The van der Waals surface area contributed by atoms with Gasteiger partial charge in [0.25, 0.3) is 11.5 Å². The Bertz CT molecular complexity index is 1330. The molecule has 0 aliphatic rings. The number of amides is 2. The number of nitrogens with one attached hydrogen (secondary N) is 3. The molecule has 0 radical (unpaired) electrons. The number of nitrogens with zero attached hydrogens (tertiary/aromatic N) is 1. The molecule has 1 heterocycles. The molecule has 4 aromatic rings. The summed E-state index contributed by atoms with van der Waals surface area (Å²) in [5, 5.41) is 13.1. The molecule has 160 valence electrons. The van der Waals surface area contributed by atoms with Gasteiger partial charge in [-0.05, 0) is 54.6 Å². The Balaban J connectivity index is 1.40. The summed E-state index contributed by atoms with van der Waals surface area (Å²) in [4.78, 5) is 36.8. The SMILES string of the molecule is COc1ccc(NC(=O)c2ccc(NC(=O)Cc3n[nH]c(=O)c4ccccc34)cc2)cc1. The fraction of sp³-hybridized carbons (Fsp3) is 0.0833. The first kappa shape index (κ1) is 20.8. The van der Waals surface area contributed by atoms with Gasteiger partial charge in [-0.15, -0.1) is 0 Å². The fourth-order valence-electron chi connectivity index (χ4n) is 3.25. The molecule has 8 nitrogen and oxygen atoms in total. The lowest BCUT2D eigenvalue weighted by atomic mass is 10.1. The van der Waals surface area contributed by atoms with E-state index in [4.69, 9.17) is 4.74 Å². The Morgan fingerprint density at radius 3 is 2.19 bits per heavy atom. The van der Waals surface area contributed by atoms with Gasteiger partial charge >= 0.3 is 0 Å². The van der Waals surface area contributed by atoms with Gasteiger partial charge < -0.3 is 15.4 Å². The van der Waals surface area contributed by atoms with Gasteiger partial charge in [0.2, 0.25) is 5.91 Å². The van der Waals surface area contributed by atoms with E-state index >= 15 is 0 Å². The minimum Gasteiger partial charge on any atom is -0.497 e. The molecule has 3 aromatic carbocycles. The van der Waals surface area contributed by atoms with Gasteiger partial charge in [0.1, 0.15) is 5.75 Å². The zero-order chi connectivity index (χ0) is 22.5. The first-order valence-corrected chi connectivity index (χ1v) is 9.85. The summed E-state index contributed by atoms with van der Waals surface area (Å²) >= 11 is 0. The molecule has 0 fully saturated rings. The number of aromatic nitrogens is 2. The van der Waals surface area contributed by atoms with E-state index in [0.29, 0.717) is 39.2 Å². The van der Waals surface area contributed by atoms with Crippen molar-refractivity contribution in [3.63, 3.8) is 0 Å². The molecule has 3 N–H and O–H groups in total.